The summed E-state index contributed by atoms with van der Waals surface area (Å²) >= 11 is 0. The molecule has 1 fully saturated rings. The molecule has 0 spiro atoms. The maximum absolute atomic E-state index is 13.1. The molecular formula is C21H23N3O6. The Balaban J connectivity index is 2.20. The summed E-state index contributed by atoms with van der Waals surface area (Å²) < 4.78 is 10.6. The molecule has 1 N–H and O–H groups in total. The number of hydrogen-bond donors (Lipinski definition) is 1. The highest BCUT2D eigenvalue weighted by Crippen LogP contribution is 2.34. The highest BCUT2D eigenvalue weighted by atomic mass is 16.6. The van der Waals surface area contributed by atoms with Gasteiger partial charge in [0.15, 0.2) is 0 Å². The molecule has 30 heavy (non-hydrogen) atoms. The molecule has 1 atom stereocenters. The molecule has 1 unspecified atom stereocenters. The van der Waals surface area contributed by atoms with Crippen LogP contribution in [0.4, 0.5) is 5.69 Å². The van der Waals surface area contributed by atoms with Crippen molar-refractivity contribution in [2.45, 2.75) is 32.8 Å². The number of esters is 2. The van der Waals surface area contributed by atoms with E-state index >= 15 is 0 Å². The Morgan fingerprint density at radius 1 is 1.20 bits per heavy atom. The molecule has 2 heterocycles. The van der Waals surface area contributed by atoms with Gasteiger partial charge in [0.25, 0.3) is 5.69 Å². The monoisotopic (exact) mass is 413 g/mol. The van der Waals surface area contributed by atoms with Gasteiger partial charge < -0.3 is 14.8 Å². The molecule has 1 aromatic carbocycles. The number of ether oxygens (including phenoxy) is 2. The van der Waals surface area contributed by atoms with Crippen molar-refractivity contribution < 1.29 is 24.0 Å². The molecule has 158 valence electrons. The fourth-order valence-corrected chi connectivity index (χ4v) is 3.65. The molecular weight excluding hydrogens is 390 g/mol. The Morgan fingerprint density at radius 2 is 1.90 bits per heavy atom. The van der Waals surface area contributed by atoms with E-state index in [1.807, 2.05) is 0 Å². The molecule has 0 bridgehead atoms. The first-order valence-electron chi connectivity index (χ1n) is 9.59. The topological polar surface area (TPSA) is 121 Å². The molecule has 1 aliphatic rings. The second-order valence-electron chi connectivity index (χ2n) is 7.08. The number of aromatic nitrogens is 1. The number of nitrogens with one attached hydrogen (secondary N) is 1. The van der Waals surface area contributed by atoms with Crippen LogP contribution >= 0.6 is 0 Å². The summed E-state index contributed by atoms with van der Waals surface area (Å²) in [4.78, 5) is 40.8. The Kier molecular flexibility index (Phi) is 6.41. The van der Waals surface area contributed by atoms with Gasteiger partial charge >= 0.3 is 11.9 Å². The molecule has 9 heteroatoms. The number of pyridine rings is 1. The number of methoxy groups -OCH3 is 1. The van der Waals surface area contributed by atoms with E-state index in [9.17, 15) is 19.7 Å². The van der Waals surface area contributed by atoms with Crippen LogP contribution in [0.25, 0.3) is 11.1 Å². The summed E-state index contributed by atoms with van der Waals surface area (Å²) in [6.45, 7) is 4.68. The minimum Gasteiger partial charge on any atom is -0.465 e. The smallest absolute Gasteiger partial charge is 0.340 e. The van der Waals surface area contributed by atoms with Gasteiger partial charge in [0, 0.05) is 24.2 Å². The van der Waals surface area contributed by atoms with Crippen molar-refractivity contribution in [3.05, 3.63) is 56.9 Å². The summed E-state index contributed by atoms with van der Waals surface area (Å²) in [6, 6.07) is 5.76. The standard InChI is InChI=1S/C21H23N3O6/c1-12-17(20(25)29-3)19(14-6-4-7-15(10-14)24(27)28)18(13(2)23-12)21(26)30-16-8-5-9-22-11-16/h4,6-7,10,16,22H,5,8-9,11H2,1-3H3. The van der Waals surface area contributed by atoms with Crippen molar-refractivity contribution >= 4 is 17.6 Å². The average Bonchev–Trinajstić information content (AvgIpc) is 2.73. The lowest BCUT2D eigenvalue weighted by molar-refractivity contribution is -0.384. The third-order valence-electron chi connectivity index (χ3n) is 5.02. The summed E-state index contributed by atoms with van der Waals surface area (Å²) in [5, 5.41) is 14.5. The van der Waals surface area contributed by atoms with Gasteiger partial charge in [0.2, 0.25) is 0 Å². The Bertz CT molecular complexity index is 998. The number of nitro groups is 1. The molecule has 3 rings (SSSR count). The van der Waals surface area contributed by atoms with Gasteiger partial charge in [-0.15, -0.1) is 0 Å². The Hall–Kier alpha value is -3.33. The van der Waals surface area contributed by atoms with Crippen LogP contribution in [0, 0.1) is 24.0 Å². The van der Waals surface area contributed by atoms with Crippen molar-refractivity contribution in [1.82, 2.24) is 10.3 Å². The van der Waals surface area contributed by atoms with Crippen LogP contribution in [-0.2, 0) is 9.47 Å². The lowest BCUT2D eigenvalue weighted by atomic mass is 9.92. The van der Waals surface area contributed by atoms with Crippen molar-refractivity contribution in [1.29, 1.82) is 0 Å². The van der Waals surface area contributed by atoms with E-state index in [4.69, 9.17) is 9.47 Å². The number of hydrogen-bond acceptors (Lipinski definition) is 8. The van der Waals surface area contributed by atoms with Crippen LogP contribution < -0.4 is 5.32 Å². The number of aryl methyl sites for hydroxylation is 2. The van der Waals surface area contributed by atoms with Crippen molar-refractivity contribution in [3.8, 4) is 11.1 Å². The van der Waals surface area contributed by atoms with Crippen LogP contribution in [0.1, 0.15) is 44.9 Å². The fourth-order valence-electron chi connectivity index (χ4n) is 3.65. The van der Waals surface area contributed by atoms with E-state index in [1.165, 1.54) is 25.3 Å². The number of rotatable bonds is 5. The van der Waals surface area contributed by atoms with Crippen LogP contribution in [0.3, 0.4) is 0 Å². The summed E-state index contributed by atoms with van der Waals surface area (Å²) in [5.41, 5.74) is 1.32. The number of benzene rings is 1. The SMILES string of the molecule is COC(=O)c1c(C)nc(C)c(C(=O)OC2CCCNC2)c1-c1cccc([N+](=O)[O-])c1. The van der Waals surface area contributed by atoms with E-state index < -0.39 is 16.9 Å². The van der Waals surface area contributed by atoms with Crippen LogP contribution in [0.15, 0.2) is 24.3 Å². The largest absolute Gasteiger partial charge is 0.465 e. The molecule has 0 aliphatic carbocycles. The van der Waals surface area contributed by atoms with E-state index in [0.29, 0.717) is 23.5 Å². The van der Waals surface area contributed by atoms with Crippen molar-refractivity contribution in [3.63, 3.8) is 0 Å². The zero-order valence-electron chi connectivity index (χ0n) is 17.1. The minimum atomic E-state index is -0.685. The quantitative estimate of drug-likeness (QED) is 0.451. The lowest BCUT2D eigenvalue weighted by Crippen LogP contribution is -2.37. The third-order valence-corrected chi connectivity index (χ3v) is 5.02. The molecule has 0 saturated carbocycles. The van der Waals surface area contributed by atoms with E-state index in [2.05, 4.69) is 10.3 Å². The molecule has 1 aliphatic heterocycles. The van der Waals surface area contributed by atoms with Gasteiger partial charge in [-0.2, -0.15) is 0 Å². The number of non-ortho nitro benzene ring substituents is 1. The molecule has 0 amide bonds. The number of carbonyl (C=O) groups is 2. The third kappa shape index (κ3) is 4.30. The molecule has 0 radical (unpaired) electrons. The van der Waals surface area contributed by atoms with Gasteiger partial charge in [-0.25, -0.2) is 9.59 Å². The molecule has 1 saturated heterocycles. The van der Waals surface area contributed by atoms with E-state index in [0.717, 1.165) is 19.4 Å². The van der Waals surface area contributed by atoms with Gasteiger partial charge in [0.1, 0.15) is 6.10 Å². The number of nitro benzene ring substituents is 1. The van der Waals surface area contributed by atoms with Crippen LogP contribution in [0.5, 0.6) is 0 Å². The van der Waals surface area contributed by atoms with Crippen LogP contribution in [0.2, 0.25) is 0 Å². The first-order chi connectivity index (χ1) is 14.3. The number of carbonyl (C=O) groups excluding carboxylic acids is 2. The second kappa shape index (κ2) is 9.00. The first kappa shape index (κ1) is 21.4. The predicted molar refractivity (Wildman–Crippen MR) is 108 cm³/mol. The zero-order chi connectivity index (χ0) is 21.8. The average molecular weight is 413 g/mol. The van der Waals surface area contributed by atoms with E-state index in [-0.39, 0.29) is 28.5 Å². The molecule has 1 aromatic heterocycles. The molecule has 2 aromatic rings. The lowest BCUT2D eigenvalue weighted by Gasteiger charge is -2.24. The Labute approximate surface area is 173 Å². The maximum atomic E-state index is 13.1. The first-order valence-corrected chi connectivity index (χ1v) is 9.59. The van der Waals surface area contributed by atoms with Gasteiger partial charge in [-0.1, -0.05) is 12.1 Å². The Morgan fingerprint density at radius 3 is 2.50 bits per heavy atom. The zero-order valence-corrected chi connectivity index (χ0v) is 17.1. The summed E-state index contributed by atoms with van der Waals surface area (Å²) in [6.07, 6.45) is 1.31. The highest BCUT2D eigenvalue weighted by molar-refractivity contribution is 6.07. The minimum absolute atomic E-state index is 0.0808. The van der Waals surface area contributed by atoms with Crippen LogP contribution in [-0.4, -0.2) is 48.1 Å². The summed E-state index contributed by atoms with van der Waals surface area (Å²) in [7, 11) is 1.23. The normalized spacial score (nSPS) is 16.0. The number of piperidine rings is 1. The van der Waals surface area contributed by atoms with Gasteiger partial charge in [-0.3, -0.25) is 15.1 Å². The molecule has 9 nitrogen and oxygen atoms in total. The van der Waals surface area contributed by atoms with Crippen molar-refractivity contribution in [2.75, 3.05) is 20.2 Å². The second-order valence-corrected chi connectivity index (χ2v) is 7.08. The fraction of sp³-hybridized carbons (Fsp3) is 0.381. The highest BCUT2D eigenvalue weighted by Gasteiger charge is 2.30. The van der Waals surface area contributed by atoms with Gasteiger partial charge in [0.05, 0.1) is 34.5 Å². The van der Waals surface area contributed by atoms with E-state index in [1.54, 1.807) is 19.9 Å². The maximum Gasteiger partial charge on any atom is 0.340 e. The van der Waals surface area contributed by atoms with Gasteiger partial charge in [-0.05, 0) is 38.8 Å². The van der Waals surface area contributed by atoms with Crippen molar-refractivity contribution in [2.24, 2.45) is 0 Å². The summed E-state index contributed by atoms with van der Waals surface area (Å²) in [5.74, 6) is -1.31. The predicted octanol–water partition coefficient (Wildman–Crippen LogP) is 2.97. The number of nitrogens with zero attached hydrogens (tertiary/aromatic N) is 2.